The van der Waals surface area contributed by atoms with Gasteiger partial charge in [-0.05, 0) is 48.2 Å². The highest BCUT2D eigenvalue weighted by Gasteiger charge is 2.25. The van der Waals surface area contributed by atoms with E-state index in [0.717, 1.165) is 17.4 Å². The van der Waals surface area contributed by atoms with Crippen LogP contribution < -0.4 is 5.32 Å². The van der Waals surface area contributed by atoms with Crippen LogP contribution in [0.5, 0.6) is 0 Å². The first kappa shape index (κ1) is 23.6. The fourth-order valence-electron chi connectivity index (χ4n) is 2.88. The van der Waals surface area contributed by atoms with Crippen LogP contribution in [-0.4, -0.2) is 37.8 Å². The first-order chi connectivity index (χ1) is 14.0. The molecule has 30 heavy (non-hydrogen) atoms. The van der Waals surface area contributed by atoms with Gasteiger partial charge < -0.3 is 15.2 Å². The Kier molecular flexibility index (Phi) is 7.75. The first-order valence-electron chi connectivity index (χ1n) is 9.53. The van der Waals surface area contributed by atoms with Crippen molar-refractivity contribution in [1.29, 1.82) is 0 Å². The predicted octanol–water partition coefficient (Wildman–Crippen LogP) is 3.21. The molecule has 0 saturated heterocycles. The van der Waals surface area contributed by atoms with Crippen molar-refractivity contribution >= 4 is 21.7 Å². The molecule has 8 heteroatoms. The van der Waals surface area contributed by atoms with Crippen molar-refractivity contribution < 1.29 is 27.9 Å². The number of carboxylic acids is 1. The zero-order valence-electron chi connectivity index (χ0n) is 17.5. The van der Waals surface area contributed by atoms with Crippen LogP contribution in [0.3, 0.4) is 0 Å². The summed E-state index contributed by atoms with van der Waals surface area (Å²) in [5.41, 5.74) is 1.73. The monoisotopic (exact) mass is 433 g/mol. The van der Waals surface area contributed by atoms with Gasteiger partial charge in [0, 0.05) is 6.26 Å². The van der Waals surface area contributed by atoms with Crippen molar-refractivity contribution in [1.82, 2.24) is 5.32 Å². The summed E-state index contributed by atoms with van der Waals surface area (Å²) in [7, 11) is -3.26. The molecule has 0 heterocycles. The van der Waals surface area contributed by atoms with Gasteiger partial charge in [0.25, 0.3) is 0 Å². The van der Waals surface area contributed by atoms with E-state index >= 15 is 0 Å². The average Bonchev–Trinajstić information content (AvgIpc) is 2.67. The molecule has 2 aromatic rings. The minimum absolute atomic E-state index is 0.0816. The molecule has 2 N–H and O–H groups in total. The summed E-state index contributed by atoms with van der Waals surface area (Å²) in [5, 5.41) is 11.9. The quantitative estimate of drug-likeness (QED) is 0.628. The summed E-state index contributed by atoms with van der Waals surface area (Å²) in [6, 6.07) is 12.4. The summed E-state index contributed by atoms with van der Waals surface area (Å²) in [4.78, 5) is 23.9. The van der Waals surface area contributed by atoms with Gasteiger partial charge in [0.15, 0.2) is 9.84 Å². The van der Waals surface area contributed by atoms with E-state index in [9.17, 15) is 18.0 Å². The molecule has 0 saturated carbocycles. The second kappa shape index (κ2) is 9.86. The fraction of sp³-hybridized carbons (Fsp3) is 0.364. The van der Waals surface area contributed by atoms with E-state index in [2.05, 4.69) is 5.32 Å². The van der Waals surface area contributed by atoms with Crippen LogP contribution in [0.2, 0.25) is 0 Å². The summed E-state index contributed by atoms with van der Waals surface area (Å²) >= 11 is 0. The number of ether oxygens (including phenoxy) is 1. The van der Waals surface area contributed by atoms with E-state index in [-0.39, 0.29) is 34.9 Å². The van der Waals surface area contributed by atoms with Crippen LogP contribution in [0, 0.1) is 5.92 Å². The van der Waals surface area contributed by atoms with E-state index in [0.29, 0.717) is 0 Å². The van der Waals surface area contributed by atoms with Gasteiger partial charge >= 0.3 is 5.97 Å². The van der Waals surface area contributed by atoms with Crippen molar-refractivity contribution in [2.75, 3.05) is 6.26 Å². The lowest BCUT2D eigenvalue weighted by Gasteiger charge is -2.23. The van der Waals surface area contributed by atoms with Gasteiger partial charge in [-0.15, -0.1) is 0 Å². The number of carbonyl (C=O) groups is 2. The number of amides is 1. The van der Waals surface area contributed by atoms with Gasteiger partial charge in [-0.25, -0.2) is 13.2 Å². The second-order valence-electron chi connectivity index (χ2n) is 7.55. The van der Waals surface area contributed by atoms with Gasteiger partial charge in [0.1, 0.15) is 6.10 Å². The first-order valence-corrected chi connectivity index (χ1v) is 11.4. The molecule has 0 aliphatic carbocycles. The summed E-state index contributed by atoms with van der Waals surface area (Å²) in [6.45, 7) is 5.74. The van der Waals surface area contributed by atoms with Gasteiger partial charge in [0.05, 0.1) is 23.1 Å². The normalized spacial score (nSPS) is 13.6. The van der Waals surface area contributed by atoms with Crippen LogP contribution in [-0.2, 0) is 26.0 Å². The molecule has 0 spiro atoms. The van der Waals surface area contributed by atoms with Crippen molar-refractivity contribution in [2.45, 2.75) is 44.4 Å². The number of rotatable bonds is 9. The van der Waals surface area contributed by atoms with Gasteiger partial charge in [-0.3, -0.25) is 4.79 Å². The third-order valence-electron chi connectivity index (χ3n) is 4.66. The molecule has 7 nitrogen and oxygen atoms in total. The SMILES string of the molecule is CC(C)C(OCc1ccc(S(C)(=O)=O)cc1)C(=O)N[C@@H](C)c1ccc(C(=O)O)cc1. The molecule has 2 aromatic carbocycles. The van der Waals surface area contributed by atoms with E-state index in [1.807, 2.05) is 20.8 Å². The van der Waals surface area contributed by atoms with Crippen molar-refractivity contribution in [3.05, 3.63) is 65.2 Å². The minimum Gasteiger partial charge on any atom is -0.478 e. The molecule has 0 radical (unpaired) electrons. The standard InChI is InChI=1S/C22H27NO6S/c1-14(2)20(29-13-16-5-11-19(12-6-16)30(4,27)28)21(24)23-15(3)17-7-9-18(10-8-17)22(25)26/h5-12,14-15,20H,13H2,1-4H3,(H,23,24)(H,25,26)/t15-,20?/m0/s1. The molecule has 2 atom stereocenters. The lowest BCUT2D eigenvalue weighted by molar-refractivity contribution is -0.137. The molecule has 0 fully saturated rings. The Morgan fingerprint density at radius 1 is 1.00 bits per heavy atom. The van der Waals surface area contributed by atoms with Crippen molar-refractivity contribution in [3.63, 3.8) is 0 Å². The van der Waals surface area contributed by atoms with E-state index in [4.69, 9.17) is 9.84 Å². The molecule has 2 rings (SSSR count). The Balaban J connectivity index is 2.01. The Morgan fingerprint density at radius 3 is 2.03 bits per heavy atom. The molecule has 1 unspecified atom stereocenters. The topological polar surface area (TPSA) is 110 Å². The van der Waals surface area contributed by atoms with Crippen molar-refractivity contribution in [3.8, 4) is 0 Å². The van der Waals surface area contributed by atoms with Crippen LogP contribution in [0.4, 0.5) is 0 Å². The van der Waals surface area contributed by atoms with Crippen LogP contribution >= 0.6 is 0 Å². The smallest absolute Gasteiger partial charge is 0.335 e. The van der Waals surface area contributed by atoms with Crippen LogP contribution in [0.15, 0.2) is 53.4 Å². The maximum atomic E-state index is 12.7. The molecule has 1 amide bonds. The highest BCUT2D eigenvalue weighted by Crippen LogP contribution is 2.17. The molecule has 162 valence electrons. The van der Waals surface area contributed by atoms with Gasteiger partial charge in [0.2, 0.25) is 5.91 Å². The summed E-state index contributed by atoms with van der Waals surface area (Å²) in [5.74, 6) is -1.36. The summed E-state index contributed by atoms with van der Waals surface area (Å²) in [6.07, 6.45) is 0.453. The number of aromatic carboxylic acids is 1. The average molecular weight is 434 g/mol. The second-order valence-corrected chi connectivity index (χ2v) is 9.56. The molecular formula is C22H27NO6S. The number of hydrogen-bond donors (Lipinski definition) is 2. The molecule has 0 bridgehead atoms. The maximum Gasteiger partial charge on any atom is 0.335 e. The predicted molar refractivity (Wildman–Crippen MR) is 113 cm³/mol. The largest absolute Gasteiger partial charge is 0.478 e. The highest BCUT2D eigenvalue weighted by molar-refractivity contribution is 7.90. The number of carboxylic acid groups (broad SMARTS) is 1. The Bertz CT molecular complexity index is 981. The lowest BCUT2D eigenvalue weighted by atomic mass is 10.0. The number of carbonyl (C=O) groups excluding carboxylic acids is 1. The van der Waals surface area contributed by atoms with Crippen molar-refractivity contribution in [2.24, 2.45) is 5.92 Å². The van der Waals surface area contributed by atoms with E-state index in [1.165, 1.54) is 24.3 Å². The third-order valence-corrected chi connectivity index (χ3v) is 5.79. The fourth-order valence-corrected chi connectivity index (χ4v) is 3.51. The molecule has 0 aliphatic heterocycles. The van der Waals surface area contributed by atoms with Crippen LogP contribution in [0.25, 0.3) is 0 Å². The maximum absolute atomic E-state index is 12.7. The Morgan fingerprint density at radius 2 is 1.57 bits per heavy atom. The molecular weight excluding hydrogens is 406 g/mol. The third kappa shape index (κ3) is 6.40. The molecule has 0 aromatic heterocycles. The van der Waals surface area contributed by atoms with Gasteiger partial charge in [-0.1, -0.05) is 38.1 Å². The lowest BCUT2D eigenvalue weighted by Crippen LogP contribution is -2.40. The summed E-state index contributed by atoms with van der Waals surface area (Å²) < 4.78 is 28.9. The van der Waals surface area contributed by atoms with E-state index < -0.39 is 21.9 Å². The number of benzene rings is 2. The number of hydrogen-bond acceptors (Lipinski definition) is 5. The number of nitrogens with one attached hydrogen (secondary N) is 1. The Labute approximate surface area is 177 Å². The Hall–Kier alpha value is -2.71. The number of sulfone groups is 1. The van der Waals surface area contributed by atoms with Gasteiger partial charge in [-0.2, -0.15) is 0 Å². The minimum atomic E-state index is -3.26. The van der Waals surface area contributed by atoms with E-state index in [1.54, 1.807) is 24.3 Å². The zero-order chi connectivity index (χ0) is 22.5. The van der Waals surface area contributed by atoms with Crippen LogP contribution in [0.1, 0.15) is 48.3 Å². The highest BCUT2D eigenvalue weighted by atomic mass is 32.2. The zero-order valence-corrected chi connectivity index (χ0v) is 18.3. The molecule has 0 aliphatic rings.